The summed E-state index contributed by atoms with van der Waals surface area (Å²) in [5.74, 6) is -2.21. The number of ether oxygens (including phenoxy) is 3. The van der Waals surface area contributed by atoms with Gasteiger partial charge in [-0.1, -0.05) is 0 Å². The highest BCUT2D eigenvalue weighted by Crippen LogP contribution is 2.17. The molecule has 3 amide bonds. The molecule has 5 atom stereocenters. The molecule has 2 fully saturated rings. The summed E-state index contributed by atoms with van der Waals surface area (Å²) >= 11 is 0. The number of nitrogens with one attached hydrogen (secondary N) is 3. The van der Waals surface area contributed by atoms with Crippen LogP contribution in [-0.4, -0.2) is 78.1 Å². The lowest BCUT2D eigenvalue weighted by molar-refractivity contribution is -0.156. The first-order valence-electron chi connectivity index (χ1n) is 10.5. The standard InChI is InChI=1S/C20H33N3O8/c1-11(16(24)22-13-8-6-10-30-15(13)18(26)27)21-17(25)14-12(7-5-9-29-14)23-19(28)31-20(2,3)4/h11-15H,5-10H2,1-4H3,(H,21,25)(H,22,24)(H,23,28)(H,26,27)/t11-,12+,13+,14+,15+/m1/s1. The molecule has 2 saturated heterocycles. The van der Waals surface area contributed by atoms with Crippen LogP contribution in [-0.2, 0) is 28.6 Å². The monoisotopic (exact) mass is 443 g/mol. The van der Waals surface area contributed by atoms with Gasteiger partial charge in [0.15, 0.2) is 12.2 Å². The number of carbonyl (C=O) groups is 4. The third-order valence-corrected chi connectivity index (χ3v) is 4.93. The molecular formula is C20H33N3O8. The van der Waals surface area contributed by atoms with E-state index in [1.807, 2.05) is 0 Å². The SMILES string of the molecule is C[C@@H](NC(=O)[C@H]1OCCC[C@@H]1NC(=O)OC(C)(C)C)C(=O)N[C@H]1CCCO[C@@H]1C(=O)O. The molecule has 0 aromatic rings. The van der Waals surface area contributed by atoms with E-state index in [9.17, 15) is 24.3 Å². The van der Waals surface area contributed by atoms with Crippen LogP contribution in [0.3, 0.4) is 0 Å². The van der Waals surface area contributed by atoms with Gasteiger partial charge in [0.25, 0.3) is 5.91 Å². The average molecular weight is 443 g/mol. The fraction of sp³-hybridized carbons (Fsp3) is 0.800. The Labute approximate surface area is 181 Å². The summed E-state index contributed by atoms with van der Waals surface area (Å²) in [7, 11) is 0. The van der Waals surface area contributed by atoms with E-state index in [4.69, 9.17) is 14.2 Å². The molecule has 2 aliphatic heterocycles. The predicted molar refractivity (Wildman–Crippen MR) is 108 cm³/mol. The lowest BCUT2D eigenvalue weighted by atomic mass is 10.0. The summed E-state index contributed by atoms with van der Waals surface area (Å²) in [5.41, 5.74) is -0.680. The Bertz CT molecular complexity index is 678. The number of carboxylic acid groups (broad SMARTS) is 1. The molecule has 0 bridgehead atoms. The summed E-state index contributed by atoms with van der Waals surface area (Å²) in [5, 5.41) is 17.1. The lowest BCUT2D eigenvalue weighted by Crippen LogP contribution is -2.59. The van der Waals surface area contributed by atoms with Crippen LogP contribution in [0.15, 0.2) is 0 Å². The van der Waals surface area contributed by atoms with E-state index >= 15 is 0 Å². The van der Waals surface area contributed by atoms with E-state index in [-0.39, 0.29) is 0 Å². The number of aliphatic carboxylic acids is 1. The minimum atomic E-state index is -1.15. The fourth-order valence-corrected chi connectivity index (χ4v) is 3.49. The van der Waals surface area contributed by atoms with Gasteiger partial charge in [0.1, 0.15) is 11.6 Å². The molecule has 176 valence electrons. The quantitative estimate of drug-likeness (QED) is 0.458. The molecule has 11 nitrogen and oxygen atoms in total. The van der Waals surface area contributed by atoms with Gasteiger partial charge in [0.05, 0.1) is 12.1 Å². The third kappa shape index (κ3) is 7.66. The van der Waals surface area contributed by atoms with Crippen molar-refractivity contribution in [1.82, 2.24) is 16.0 Å². The van der Waals surface area contributed by atoms with Crippen molar-refractivity contribution in [3.63, 3.8) is 0 Å². The first-order chi connectivity index (χ1) is 14.5. The number of carboxylic acids is 1. The molecule has 11 heteroatoms. The van der Waals surface area contributed by atoms with E-state index in [1.54, 1.807) is 20.8 Å². The Morgan fingerprint density at radius 2 is 1.52 bits per heavy atom. The summed E-state index contributed by atoms with van der Waals surface area (Å²) in [6.45, 7) is 7.37. The van der Waals surface area contributed by atoms with Crippen LogP contribution < -0.4 is 16.0 Å². The largest absolute Gasteiger partial charge is 0.479 e. The molecule has 2 rings (SSSR count). The maximum atomic E-state index is 12.7. The van der Waals surface area contributed by atoms with Gasteiger partial charge in [0, 0.05) is 13.2 Å². The van der Waals surface area contributed by atoms with Crippen LogP contribution in [0, 0.1) is 0 Å². The number of hydrogen-bond donors (Lipinski definition) is 4. The summed E-state index contributed by atoms with van der Waals surface area (Å²) in [6, 6.07) is -2.20. The van der Waals surface area contributed by atoms with Crippen molar-refractivity contribution < 1.29 is 38.5 Å². The Balaban J connectivity index is 1.92. The Kier molecular flexibility index (Phi) is 8.63. The van der Waals surface area contributed by atoms with Crippen molar-refractivity contribution in [3.05, 3.63) is 0 Å². The van der Waals surface area contributed by atoms with Crippen molar-refractivity contribution in [2.24, 2.45) is 0 Å². The van der Waals surface area contributed by atoms with Gasteiger partial charge in [-0.15, -0.1) is 0 Å². The van der Waals surface area contributed by atoms with E-state index < -0.39 is 59.8 Å². The molecule has 0 saturated carbocycles. The van der Waals surface area contributed by atoms with Crippen LogP contribution in [0.4, 0.5) is 4.79 Å². The highest BCUT2D eigenvalue weighted by atomic mass is 16.6. The second-order valence-electron chi connectivity index (χ2n) is 8.80. The van der Waals surface area contributed by atoms with Gasteiger partial charge in [-0.2, -0.15) is 0 Å². The normalized spacial score (nSPS) is 27.5. The van der Waals surface area contributed by atoms with Crippen molar-refractivity contribution in [2.45, 2.75) is 89.3 Å². The molecule has 0 aromatic carbocycles. The second-order valence-corrected chi connectivity index (χ2v) is 8.80. The Hall–Kier alpha value is -2.40. The zero-order valence-electron chi connectivity index (χ0n) is 18.4. The minimum Gasteiger partial charge on any atom is -0.479 e. The van der Waals surface area contributed by atoms with Crippen molar-refractivity contribution >= 4 is 23.9 Å². The lowest BCUT2D eigenvalue weighted by Gasteiger charge is -2.33. The average Bonchev–Trinajstić information content (AvgIpc) is 2.67. The van der Waals surface area contributed by atoms with Gasteiger partial charge >= 0.3 is 12.1 Å². The van der Waals surface area contributed by atoms with E-state index in [1.165, 1.54) is 6.92 Å². The molecule has 2 aliphatic rings. The zero-order valence-corrected chi connectivity index (χ0v) is 18.4. The predicted octanol–water partition coefficient (Wildman–Crippen LogP) is 0.312. The summed E-state index contributed by atoms with van der Waals surface area (Å²) in [6.07, 6.45) is -0.453. The molecule has 0 aromatic heterocycles. The van der Waals surface area contributed by atoms with Gasteiger partial charge in [-0.05, 0) is 53.4 Å². The van der Waals surface area contributed by atoms with Crippen LogP contribution in [0.1, 0.15) is 53.4 Å². The Morgan fingerprint density at radius 3 is 2.06 bits per heavy atom. The summed E-state index contributed by atoms with van der Waals surface area (Å²) in [4.78, 5) is 48.6. The fourth-order valence-electron chi connectivity index (χ4n) is 3.49. The van der Waals surface area contributed by atoms with Gasteiger partial charge in [0.2, 0.25) is 5.91 Å². The number of alkyl carbamates (subject to hydrolysis) is 1. The first-order valence-corrected chi connectivity index (χ1v) is 10.5. The molecule has 0 aliphatic carbocycles. The van der Waals surface area contributed by atoms with Gasteiger partial charge < -0.3 is 35.3 Å². The highest BCUT2D eigenvalue weighted by Gasteiger charge is 2.37. The third-order valence-electron chi connectivity index (χ3n) is 4.93. The Morgan fingerprint density at radius 1 is 0.968 bits per heavy atom. The topological polar surface area (TPSA) is 152 Å². The van der Waals surface area contributed by atoms with E-state index in [0.29, 0.717) is 38.9 Å². The maximum Gasteiger partial charge on any atom is 0.407 e. The van der Waals surface area contributed by atoms with Crippen LogP contribution in [0.2, 0.25) is 0 Å². The van der Waals surface area contributed by atoms with Crippen molar-refractivity contribution in [3.8, 4) is 0 Å². The van der Waals surface area contributed by atoms with Gasteiger partial charge in [-0.3, -0.25) is 9.59 Å². The van der Waals surface area contributed by atoms with Crippen molar-refractivity contribution in [2.75, 3.05) is 13.2 Å². The molecular weight excluding hydrogens is 410 g/mol. The molecule has 0 radical (unpaired) electrons. The smallest absolute Gasteiger partial charge is 0.407 e. The van der Waals surface area contributed by atoms with Crippen LogP contribution >= 0.6 is 0 Å². The first kappa shape index (κ1) is 24.9. The van der Waals surface area contributed by atoms with Gasteiger partial charge in [-0.25, -0.2) is 9.59 Å². The number of rotatable bonds is 6. The van der Waals surface area contributed by atoms with E-state index in [0.717, 1.165) is 0 Å². The molecule has 2 heterocycles. The highest BCUT2D eigenvalue weighted by molar-refractivity contribution is 5.90. The number of carbonyl (C=O) groups excluding carboxylic acids is 3. The van der Waals surface area contributed by atoms with Crippen LogP contribution in [0.5, 0.6) is 0 Å². The maximum absolute atomic E-state index is 12.7. The van der Waals surface area contributed by atoms with E-state index in [2.05, 4.69) is 16.0 Å². The minimum absolute atomic E-state index is 0.320. The number of amides is 3. The molecule has 0 unspecified atom stereocenters. The molecule has 4 N–H and O–H groups in total. The summed E-state index contributed by atoms with van der Waals surface area (Å²) < 4.78 is 16.0. The van der Waals surface area contributed by atoms with Crippen LogP contribution in [0.25, 0.3) is 0 Å². The van der Waals surface area contributed by atoms with Crippen molar-refractivity contribution in [1.29, 1.82) is 0 Å². The molecule has 0 spiro atoms. The number of hydrogen-bond acceptors (Lipinski definition) is 7. The second kappa shape index (κ2) is 10.8. The zero-order chi connectivity index (χ0) is 23.2. The molecule has 31 heavy (non-hydrogen) atoms.